The molecule has 2 N–H and O–H groups in total. The summed E-state index contributed by atoms with van der Waals surface area (Å²) < 4.78 is 5.71. The standard InChI is InChI=1S/C20H29NO3/c1-14(5-3-2-4-6-20(22)23)21-18-8-7-15-11-16-9-10-24-19(16)13-17(15)12-18/h11,13-14,18,21H,2-10,12H2,1H3,(H,22,23). The lowest BCUT2D eigenvalue weighted by atomic mass is 9.86. The number of aliphatic carboxylic acids is 1. The van der Waals surface area contributed by atoms with E-state index in [1.807, 2.05) is 0 Å². The number of fused-ring (bicyclic) bond motifs is 2. The van der Waals surface area contributed by atoms with Crippen LogP contribution in [0.2, 0.25) is 0 Å². The highest BCUT2D eigenvalue weighted by molar-refractivity contribution is 5.66. The fraction of sp³-hybridized carbons (Fsp3) is 0.650. The fourth-order valence-electron chi connectivity index (χ4n) is 3.97. The van der Waals surface area contributed by atoms with E-state index in [0.29, 0.717) is 18.5 Å². The van der Waals surface area contributed by atoms with E-state index in [2.05, 4.69) is 24.4 Å². The van der Waals surface area contributed by atoms with Crippen LogP contribution in [0.5, 0.6) is 5.75 Å². The summed E-state index contributed by atoms with van der Waals surface area (Å²) in [7, 11) is 0. The van der Waals surface area contributed by atoms with E-state index in [9.17, 15) is 4.79 Å². The Morgan fingerprint density at radius 2 is 2.12 bits per heavy atom. The van der Waals surface area contributed by atoms with Gasteiger partial charge in [0.15, 0.2) is 0 Å². The van der Waals surface area contributed by atoms with E-state index in [0.717, 1.165) is 57.3 Å². The van der Waals surface area contributed by atoms with E-state index in [4.69, 9.17) is 9.84 Å². The van der Waals surface area contributed by atoms with Crippen LogP contribution in [0, 0.1) is 0 Å². The summed E-state index contributed by atoms with van der Waals surface area (Å²) in [6, 6.07) is 5.67. The molecule has 0 fully saturated rings. The van der Waals surface area contributed by atoms with Crippen molar-refractivity contribution >= 4 is 5.97 Å². The molecule has 3 rings (SSSR count). The molecule has 1 aliphatic carbocycles. The first-order chi connectivity index (χ1) is 11.6. The summed E-state index contributed by atoms with van der Waals surface area (Å²) in [5, 5.41) is 12.4. The third-order valence-corrected chi connectivity index (χ3v) is 5.29. The van der Waals surface area contributed by atoms with Gasteiger partial charge in [0.2, 0.25) is 0 Å². The number of hydrogen-bond donors (Lipinski definition) is 2. The van der Waals surface area contributed by atoms with Crippen molar-refractivity contribution in [3.63, 3.8) is 0 Å². The molecule has 0 aromatic heterocycles. The number of benzene rings is 1. The van der Waals surface area contributed by atoms with Crippen molar-refractivity contribution in [1.29, 1.82) is 0 Å². The van der Waals surface area contributed by atoms with Crippen molar-refractivity contribution in [3.8, 4) is 5.75 Å². The number of aryl methyl sites for hydroxylation is 1. The average molecular weight is 331 g/mol. The highest BCUT2D eigenvalue weighted by Gasteiger charge is 2.23. The SMILES string of the molecule is CC(CCCCCC(=O)O)NC1CCc2cc3c(cc2C1)OCC3. The molecule has 24 heavy (non-hydrogen) atoms. The number of unbranched alkanes of at least 4 members (excludes halogenated alkanes) is 2. The molecule has 4 nitrogen and oxygen atoms in total. The Balaban J connectivity index is 1.43. The van der Waals surface area contributed by atoms with E-state index in [1.165, 1.54) is 23.1 Å². The lowest BCUT2D eigenvalue weighted by Crippen LogP contribution is -2.40. The topological polar surface area (TPSA) is 58.6 Å². The summed E-state index contributed by atoms with van der Waals surface area (Å²) in [5.74, 6) is 0.415. The molecule has 0 saturated carbocycles. The van der Waals surface area contributed by atoms with Gasteiger partial charge in [-0.2, -0.15) is 0 Å². The minimum Gasteiger partial charge on any atom is -0.493 e. The van der Waals surface area contributed by atoms with E-state index in [-0.39, 0.29) is 0 Å². The van der Waals surface area contributed by atoms with Crippen LogP contribution in [-0.2, 0) is 24.1 Å². The molecule has 0 spiro atoms. The molecule has 2 unspecified atom stereocenters. The quantitative estimate of drug-likeness (QED) is 0.716. The Bertz CT molecular complexity index is 584. The van der Waals surface area contributed by atoms with Gasteiger partial charge in [-0.05, 0) is 61.8 Å². The van der Waals surface area contributed by atoms with Gasteiger partial charge < -0.3 is 15.2 Å². The Labute approximate surface area is 144 Å². The molecule has 2 aliphatic rings. The Hall–Kier alpha value is -1.55. The first-order valence-corrected chi connectivity index (χ1v) is 9.37. The van der Waals surface area contributed by atoms with E-state index in [1.54, 1.807) is 0 Å². The minimum absolute atomic E-state index is 0.299. The number of carboxylic acid groups (broad SMARTS) is 1. The van der Waals surface area contributed by atoms with Crippen LogP contribution >= 0.6 is 0 Å². The van der Waals surface area contributed by atoms with Crippen molar-refractivity contribution in [1.82, 2.24) is 5.32 Å². The second-order valence-corrected chi connectivity index (χ2v) is 7.33. The minimum atomic E-state index is -0.683. The molecular weight excluding hydrogens is 302 g/mol. The number of carboxylic acids is 1. The predicted octanol–water partition coefficient (Wildman–Crippen LogP) is 3.49. The zero-order chi connectivity index (χ0) is 16.9. The Kier molecular flexibility index (Phi) is 5.77. The molecular formula is C20H29NO3. The van der Waals surface area contributed by atoms with Crippen LogP contribution < -0.4 is 10.1 Å². The summed E-state index contributed by atoms with van der Waals surface area (Å²) in [5.41, 5.74) is 4.35. The van der Waals surface area contributed by atoms with Crippen LogP contribution in [0.25, 0.3) is 0 Å². The van der Waals surface area contributed by atoms with Crippen molar-refractivity contribution in [2.75, 3.05) is 6.61 Å². The van der Waals surface area contributed by atoms with Gasteiger partial charge in [-0.15, -0.1) is 0 Å². The van der Waals surface area contributed by atoms with Gasteiger partial charge in [0, 0.05) is 24.9 Å². The lowest BCUT2D eigenvalue weighted by Gasteiger charge is -2.29. The van der Waals surface area contributed by atoms with Gasteiger partial charge in [-0.1, -0.05) is 18.9 Å². The molecule has 132 valence electrons. The van der Waals surface area contributed by atoms with Gasteiger partial charge >= 0.3 is 5.97 Å². The number of ether oxygens (including phenoxy) is 1. The molecule has 0 radical (unpaired) electrons. The smallest absolute Gasteiger partial charge is 0.303 e. The normalized spacial score (nSPS) is 20.1. The number of hydrogen-bond acceptors (Lipinski definition) is 3. The molecule has 0 amide bonds. The van der Waals surface area contributed by atoms with E-state index < -0.39 is 5.97 Å². The lowest BCUT2D eigenvalue weighted by molar-refractivity contribution is -0.137. The molecule has 1 aromatic rings. The first kappa shape index (κ1) is 17.3. The second-order valence-electron chi connectivity index (χ2n) is 7.33. The van der Waals surface area contributed by atoms with Crippen molar-refractivity contribution in [2.24, 2.45) is 0 Å². The highest BCUT2D eigenvalue weighted by atomic mass is 16.5. The largest absolute Gasteiger partial charge is 0.493 e. The third-order valence-electron chi connectivity index (χ3n) is 5.29. The Morgan fingerprint density at radius 3 is 2.96 bits per heavy atom. The predicted molar refractivity (Wildman–Crippen MR) is 94.8 cm³/mol. The van der Waals surface area contributed by atoms with Crippen LogP contribution in [0.15, 0.2) is 12.1 Å². The fourth-order valence-corrected chi connectivity index (χ4v) is 3.97. The average Bonchev–Trinajstić information content (AvgIpc) is 2.99. The maximum absolute atomic E-state index is 10.5. The van der Waals surface area contributed by atoms with Crippen molar-refractivity contribution in [3.05, 3.63) is 28.8 Å². The van der Waals surface area contributed by atoms with Gasteiger partial charge in [-0.25, -0.2) is 0 Å². The van der Waals surface area contributed by atoms with Gasteiger partial charge in [0.1, 0.15) is 5.75 Å². The summed E-state index contributed by atoms with van der Waals surface area (Å²) in [6.07, 6.45) is 8.84. The summed E-state index contributed by atoms with van der Waals surface area (Å²) in [6.45, 7) is 3.08. The number of carbonyl (C=O) groups is 1. The zero-order valence-corrected chi connectivity index (χ0v) is 14.6. The monoisotopic (exact) mass is 331 g/mol. The number of nitrogens with one attached hydrogen (secondary N) is 1. The molecule has 4 heteroatoms. The third kappa shape index (κ3) is 4.50. The van der Waals surface area contributed by atoms with Crippen LogP contribution in [0.3, 0.4) is 0 Å². The molecule has 1 aliphatic heterocycles. The maximum Gasteiger partial charge on any atom is 0.303 e. The van der Waals surface area contributed by atoms with Crippen LogP contribution in [0.1, 0.15) is 62.1 Å². The second kappa shape index (κ2) is 8.02. The molecule has 1 aromatic carbocycles. The first-order valence-electron chi connectivity index (χ1n) is 9.37. The Morgan fingerprint density at radius 1 is 1.25 bits per heavy atom. The van der Waals surface area contributed by atoms with Crippen LogP contribution in [-0.4, -0.2) is 29.8 Å². The molecule has 0 bridgehead atoms. The van der Waals surface area contributed by atoms with Gasteiger partial charge in [0.25, 0.3) is 0 Å². The van der Waals surface area contributed by atoms with Gasteiger partial charge in [0.05, 0.1) is 6.61 Å². The van der Waals surface area contributed by atoms with E-state index >= 15 is 0 Å². The van der Waals surface area contributed by atoms with Crippen molar-refractivity contribution in [2.45, 2.75) is 76.8 Å². The molecule has 0 saturated heterocycles. The highest BCUT2D eigenvalue weighted by Crippen LogP contribution is 2.32. The summed E-state index contributed by atoms with van der Waals surface area (Å²) in [4.78, 5) is 10.5. The van der Waals surface area contributed by atoms with Crippen LogP contribution in [0.4, 0.5) is 0 Å². The molecule has 2 atom stereocenters. The number of rotatable bonds is 8. The zero-order valence-electron chi connectivity index (χ0n) is 14.6. The summed E-state index contributed by atoms with van der Waals surface area (Å²) >= 11 is 0. The maximum atomic E-state index is 10.5. The van der Waals surface area contributed by atoms with Crippen molar-refractivity contribution < 1.29 is 14.6 Å². The molecule has 1 heterocycles. The van der Waals surface area contributed by atoms with Gasteiger partial charge in [-0.3, -0.25) is 4.79 Å².